The molecule has 0 aliphatic heterocycles. The van der Waals surface area contributed by atoms with E-state index in [4.69, 9.17) is 5.73 Å². The second kappa shape index (κ2) is 7.00. The maximum atomic E-state index is 12.3. The minimum absolute atomic E-state index is 0.0425. The minimum Gasteiger partial charge on any atom is -0.399 e. The van der Waals surface area contributed by atoms with E-state index in [1.54, 1.807) is 0 Å². The largest absolute Gasteiger partial charge is 0.399 e. The van der Waals surface area contributed by atoms with Crippen LogP contribution in [0.1, 0.15) is 36.6 Å². The first-order chi connectivity index (χ1) is 12.7. The van der Waals surface area contributed by atoms with Gasteiger partial charge in [0.25, 0.3) is 0 Å². The lowest BCUT2D eigenvalue weighted by Gasteiger charge is -2.08. The number of aryl methyl sites for hydroxylation is 1. The molecule has 4 rings (SSSR count). The third-order valence-electron chi connectivity index (χ3n) is 4.55. The van der Waals surface area contributed by atoms with Gasteiger partial charge >= 0.3 is 0 Å². The van der Waals surface area contributed by atoms with Gasteiger partial charge in [0.05, 0.1) is 0 Å². The minimum atomic E-state index is -0.0425. The molecule has 1 aliphatic carbocycles. The van der Waals surface area contributed by atoms with Gasteiger partial charge in [0, 0.05) is 29.3 Å². The van der Waals surface area contributed by atoms with Gasteiger partial charge < -0.3 is 11.1 Å². The van der Waals surface area contributed by atoms with E-state index in [0.717, 1.165) is 28.3 Å². The first-order valence-corrected chi connectivity index (χ1v) is 8.85. The molecule has 6 nitrogen and oxygen atoms in total. The van der Waals surface area contributed by atoms with Crippen molar-refractivity contribution in [3.05, 3.63) is 59.9 Å². The van der Waals surface area contributed by atoms with Crippen molar-refractivity contribution in [2.24, 2.45) is 0 Å². The standard InChI is InChI=1S/C20H21N5O/c21-17-7-2-1-4-13(17)10-11-18(26)22-16-6-3-5-15(12-16)20-23-19(24-25-20)14-8-9-14/h1-7,12,14H,8-11,21H2,(H,22,26)(H,23,24,25). The fourth-order valence-corrected chi connectivity index (χ4v) is 2.91. The van der Waals surface area contributed by atoms with Crippen molar-refractivity contribution in [1.82, 2.24) is 15.2 Å². The zero-order valence-electron chi connectivity index (χ0n) is 14.4. The van der Waals surface area contributed by atoms with Crippen LogP contribution in [0.2, 0.25) is 0 Å². The number of carbonyl (C=O) groups is 1. The van der Waals surface area contributed by atoms with Gasteiger partial charge in [-0.05, 0) is 43.0 Å². The topological polar surface area (TPSA) is 96.7 Å². The van der Waals surface area contributed by atoms with Crippen LogP contribution in [0.3, 0.4) is 0 Å². The Balaban J connectivity index is 1.39. The monoisotopic (exact) mass is 347 g/mol. The third-order valence-corrected chi connectivity index (χ3v) is 4.55. The highest BCUT2D eigenvalue weighted by molar-refractivity contribution is 5.91. The maximum Gasteiger partial charge on any atom is 0.224 e. The summed E-state index contributed by atoms with van der Waals surface area (Å²) in [6.45, 7) is 0. The number of carbonyl (C=O) groups excluding carboxylic acids is 1. The highest BCUT2D eigenvalue weighted by Gasteiger charge is 2.27. The van der Waals surface area contributed by atoms with Crippen molar-refractivity contribution in [2.45, 2.75) is 31.6 Å². The van der Waals surface area contributed by atoms with Gasteiger partial charge in [-0.15, -0.1) is 0 Å². The van der Waals surface area contributed by atoms with E-state index >= 15 is 0 Å². The molecule has 4 N–H and O–H groups in total. The highest BCUT2D eigenvalue weighted by Crippen LogP contribution is 2.38. The molecule has 1 saturated carbocycles. The molecule has 0 spiro atoms. The van der Waals surface area contributed by atoms with E-state index in [-0.39, 0.29) is 5.91 Å². The van der Waals surface area contributed by atoms with Crippen molar-refractivity contribution < 1.29 is 4.79 Å². The van der Waals surface area contributed by atoms with Crippen molar-refractivity contribution in [2.75, 3.05) is 11.1 Å². The Bertz CT molecular complexity index is 929. The molecule has 1 aromatic heterocycles. The molecule has 132 valence electrons. The lowest BCUT2D eigenvalue weighted by atomic mass is 10.1. The predicted molar refractivity (Wildman–Crippen MR) is 102 cm³/mol. The van der Waals surface area contributed by atoms with Gasteiger partial charge in [-0.3, -0.25) is 9.89 Å². The van der Waals surface area contributed by atoms with E-state index in [1.165, 1.54) is 12.8 Å². The second-order valence-electron chi connectivity index (χ2n) is 6.65. The third kappa shape index (κ3) is 3.74. The number of H-pyrrole nitrogens is 1. The normalized spacial score (nSPS) is 13.5. The van der Waals surface area contributed by atoms with E-state index < -0.39 is 0 Å². The number of anilines is 2. The van der Waals surface area contributed by atoms with Crippen LogP contribution in [-0.4, -0.2) is 21.1 Å². The molecule has 26 heavy (non-hydrogen) atoms. The average molecular weight is 347 g/mol. The van der Waals surface area contributed by atoms with Crippen molar-refractivity contribution in [3.63, 3.8) is 0 Å². The number of amides is 1. The maximum absolute atomic E-state index is 12.3. The number of benzene rings is 2. The summed E-state index contributed by atoms with van der Waals surface area (Å²) in [5.74, 6) is 2.11. The summed E-state index contributed by atoms with van der Waals surface area (Å²) in [5.41, 5.74) is 9.26. The lowest BCUT2D eigenvalue weighted by Crippen LogP contribution is -2.12. The number of hydrogen-bond acceptors (Lipinski definition) is 4. The molecule has 0 unspecified atom stereocenters. The molecule has 1 fully saturated rings. The van der Waals surface area contributed by atoms with E-state index in [1.807, 2.05) is 48.5 Å². The van der Waals surface area contributed by atoms with Gasteiger partial charge in [-0.1, -0.05) is 30.3 Å². The summed E-state index contributed by atoms with van der Waals surface area (Å²) in [7, 11) is 0. The summed E-state index contributed by atoms with van der Waals surface area (Å²) in [4.78, 5) is 16.8. The Labute approximate surface area is 151 Å². The molecule has 1 heterocycles. The van der Waals surface area contributed by atoms with Crippen LogP contribution in [0, 0.1) is 0 Å². The summed E-state index contributed by atoms with van der Waals surface area (Å²) < 4.78 is 0. The summed E-state index contributed by atoms with van der Waals surface area (Å²) in [6, 6.07) is 15.2. The first kappa shape index (κ1) is 16.3. The number of nitrogens with two attached hydrogens (primary N) is 1. The second-order valence-corrected chi connectivity index (χ2v) is 6.65. The number of nitrogens with zero attached hydrogens (tertiary/aromatic N) is 2. The fraction of sp³-hybridized carbons (Fsp3) is 0.250. The highest BCUT2D eigenvalue weighted by atomic mass is 16.1. The van der Waals surface area contributed by atoms with Crippen LogP contribution >= 0.6 is 0 Å². The van der Waals surface area contributed by atoms with Gasteiger partial charge in [-0.25, -0.2) is 4.98 Å². The van der Waals surface area contributed by atoms with Gasteiger partial charge in [0.2, 0.25) is 5.91 Å². The van der Waals surface area contributed by atoms with E-state index in [2.05, 4.69) is 20.5 Å². The van der Waals surface area contributed by atoms with Crippen LogP contribution in [0.25, 0.3) is 11.4 Å². The fourth-order valence-electron chi connectivity index (χ4n) is 2.91. The zero-order chi connectivity index (χ0) is 17.9. The molecule has 0 bridgehead atoms. The Morgan fingerprint density at radius 1 is 1.19 bits per heavy atom. The summed E-state index contributed by atoms with van der Waals surface area (Å²) in [6.07, 6.45) is 3.35. The quantitative estimate of drug-likeness (QED) is 0.595. The molecular formula is C20H21N5O. The Hall–Kier alpha value is -3.15. The Kier molecular flexibility index (Phi) is 4.39. The van der Waals surface area contributed by atoms with Crippen LogP contribution in [-0.2, 0) is 11.2 Å². The molecule has 6 heteroatoms. The smallest absolute Gasteiger partial charge is 0.224 e. The van der Waals surface area contributed by atoms with Crippen molar-refractivity contribution in [3.8, 4) is 11.4 Å². The molecule has 0 atom stereocenters. The number of aromatic amines is 1. The van der Waals surface area contributed by atoms with Crippen LogP contribution in [0.4, 0.5) is 11.4 Å². The van der Waals surface area contributed by atoms with E-state index in [9.17, 15) is 4.79 Å². The van der Waals surface area contributed by atoms with Gasteiger partial charge in [0.1, 0.15) is 5.82 Å². The number of nitrogens with one attached hydrogen (secondary N) is 2. The van der Waals surface area contributed by atoms with Gasteiger partial charge in [-0.2, -0.15) is 5.10 Å². The first-order valence-electron chi connectivity index (χ1n) is 8.85. The number of rotatable bonds is 6. The summed E-state index contributed by atoms with van der Waals surface area (Å²) in [5, 5.41) is 10.2. The molecule has 1 aliphatic rings. The van der Waals surface area contributed by atoms with Gasteiger partial charge in [0.15, 0.2) is 5.82 Å². The SMILES string of the molecule is Nc1ccccc1CCC(=O)Nc1cccc(-c2n[nH]c(C3CC3)n2)c1. The number of aromatic nitrogens is 3. The van der Waals surface area contributed by atoms with Crippen LogP contribution in [0.5, 0.6) is 0 Å². The van der Waals surface area contributed by atoms with Crippen LogP contribution in [0.15, 0.2) is 48.5 Å². The molecule has 1 amide bonds. The van der Waals surface area contributed by atoms with Crippen molar-refractivity contribution >= 4 is 17.3 Å². The Morgan fingerprint density at radius 2 is 2.04 bits per heavy atom. The van der Waals surface area contributed by atoms with Crippen LogP contribution < -0.4 is 11.1 Å². The molecule has 0 saturated heterocycles. The zero-order valence-corrected chi connectivity index (χ0v) is 14.4. The molecule has 3 aromatic rings. The molecular weight excluding hydrogens is 326 g/mol. The Morgan fingerprint density at radius 3 is 2.85 bits per heavy atom. The number of hydrogen-bond donors (Lipinski definition) is 3. The van der Waals surface area contributed by atoms with E-state index in [0.29, 0.717) is 24.6 Å². The average Bonchev–Trinajstić information content (AvgIpc) is 3.38. The molecule has 2 aromatic carbocycles. The number of para-hydroxylation sites is 1. The summed E-state index contributed by atoms with van der Waals surface area (Å²) >= 11 is 0. The molecule has 0 radical (unpaired) electrons. The van der Waals surface area contributed by atoms with Crippen molar-refractivity contribution in [1.29, 1.82) is 0 Å². The lowest BCUT2D eigenvalue weighted by molar-refractivity contribution is -0.116. The number of nitrogen functional groups attached to an aromatic ring is 1. The predicted octanol–water partition coefficient (Wildman–Crippen LogP) is 3.50.